The fourth-order valence-electron chi connectivity index (χ4n) is 4.55. The summed E-state index contributed by atoms with van der Waals surface area (Å²) in [4.78, 5) is 32.1. The van der Waals surface area contributed by atoms with Gasteiger partial charge in [0.25, 0.3) is 11.7 Å². The van der Waals surface area contributed by atoms with Gasteiger partial charge in [-0.1, -0.05) is 54.6 Å². The van der Waals surface area contributed by atoms with Gasteiger partial charge in [-0.05, 0) is 55.5 Å². The molecule has 0 aromatic heterocycles. The molecule has 1 unspecified atom stereocenters. The van der Waals surface area contributed by atoms with Crippen molar-refractivity contribution < 1.29 is 14.7 Å². The summed E-state index contributed by atoms with van der Waals surface area (Å²) in [6.07, 6.45) is 0.723. The molecule has 6 nitrogen and oxygen atoms in total. The van der Waals surface area contributed by atoms with Crippen LogP contribution in [-0.4, -0.2) is 67.9 Å². The molecule has 3 aromatic carbocycles. The van der Waals surface area contributed by atoms with Gasteiger partial charge < -0.3 is 19.8 Å². The molecule has 3 aromatic rings. The van der Waals surface area contributed by atoms with Crippen LogP contribution in [0.2, 0.25) is 0 Å². The van der Waals surface area contributed by atoms with Crippen molar-refractivity contribution in [2.24, 2.45) is 0 Å². The third-order valence-corrected chi connectivity index (χ3v) is 6.31. The predicted molar refractivity (Wildman–Crippen MR) is 137 cm³/mol. The van der Waals surface area contributed by atoms with Crippen molar-refractivity contribution in [3.8, 4) is 0 Å². The number of hydrogen-bond donors (Lipinski definition) is 1. The standard InChI is InChI=1S/C28H31N3O3/c1-29(2)17-8-18-31-25(20-13-15-21(16-14-20)30(3)4)24(27(33)28(31)34)26(32)23-12-7-10-19-9-5-6-11-22(19)23/h5-7,9-16,25,32H,8,17-18H2,1-4H3/b26-24-. The van der Waals surface area contributed by atoms with E-state index in [4.69, 9.17) is 0 Å². The van der Waals surface area contributed by atoms with Gasteiger partial charge in [0, 0.05) is 31.9 Å². The number of nitrogens with zero attached hydrogens (tertiary/aromatic N) is 3. The van der Waals surface area contributed by atoms with Crippen LogP contribution in [0.1, 0.15) is 23.6 Å². The van der Waals surface area contributed by atoms with E-state index in [1.54, 1.807) is 11.0 Å². The van der Waals surface area contributed by atoms with Crippen LogP contribution in [0.3, 0.4) is 0 Å². The lowest BCUT2D eigenvalue weighted by atomic mass is 9.93. The van der Waals surface area contributed by atoms with Gasteiger partial charge in [0.15, 0.2) is 0 Å². The number of amides is 1. The van der Waals surface area contributed by atoms with Crippen LogP contribution in [0.15, 0.2) is 72.3 Å². The molecule has 1 fully saturated rings. The van der Waals surface area contributed by atoms with Gasteiger partial charge in [0.05, 0.1) is 11.6 Å². The minimum absolute atomic E-state index is 0.132. The monoisotopic (exact) mass is 457 g/mol. The van der Waals surface area contributed by atoms with Gasteiger partial charge >= 0.3 is 0 Å². The molecular formula is C28H31N3O3. The highest BCUT2D eigenvalue weighted by molar-refractivity contribution is 6.46. The molecule has 176 valence electrons. The fourth-order valence-corrected chi connectivity index (χ4v) is 4.55. The van der Waals surface area contributed by atoms with Crippen LogP contribution in [0, 0.1) is 0 Å². The molecule has 0 radical (unpaired) electrons. The minimum atomic E-state index is -0.642. The molecule has 1 N–H and O–H groups in total. The first-order chi connectivity index (χ1) is 16.3. The molecule has 1 atom stereocenters. The quantitative estimate of drug-likeness (QED) is 0.326. The number of rotatable bonds is 7. The summed E-state index contributed by atoms with van der Waals surface area (Å²) in [7, 11) is 7.88. The molecule has 1 aliphatic rings. The molecule has 0 aliphatic carbocycles. The van der Waals surface area contributed by atoms with Crippen molar-refractivity contribution in [2.45, 2.75) is 12.5 Å². The van der Waals surface area contributed by atoms with E-state index in [2.05, 4.69) is 0 Å². The molecule has 0 bridgehead atoms. The summed E-state index contributed by atoms with van der Waals surface area (Å²) in [5.41, 5.74) is 2.52. The van der Waals surface area contributed by atoms with Crippen molar-refractivity contribution in [1.29, 1.82) is 0 Å². The highest BCUT2D eigenvalue weighted by Gasteiger charge is 2.45. The number of carbonyl (C=O) groups excluding carboxylic acids is 2. The van der Waals surface area contributed by atoms with E-state index >= 15 is 0 Å². The Morgan fingerprint density at radius 1 is 0.912 bits per heavy atom. The van der Waals surface area contributed by atoms with Crippen LogP contribution in [0.25, 0.3) is 16.5 Å². The first-order valence-electron chi connectivity index (χ1n) is 11.5. The fraction of sp³-hybridized carbons (Fsp3) is 0.286. The van der Waals surface area contributed by atoms with Crippen LogP contribution in [0.4, 0.5) is 5.69 Å². The number of carbonyl (C=O) groups is 2. The van der Waals surface area contributed by atoms with Crippen molar-refractivity contribution in [3.63, 3.8) is 0 Å². The number of aliphatic hydroxyl groups excluding tert-OH is 1. The van der Waals surface area contributed by atoms with E-state index in [9.17, 15) is 14.7 Å². The topological polar surface area (TPSA) is 64.1 Å². The Hall–Kier alpha value is -3.64. The van der Waals surface area contributed by atoms with Crippen LogP contribution in [-0.2, 0) is 9.59 Å². The second-order valence-corrected chi connectivity index (χ2v) is 9.16. The lowest BCUT2D eigenvalue weighted by molar-refractivity contribution is -0.139. The Morgan fingerprint density at radius 3 is 2.26 bits per heavy atom. The average molecular weight is 458 g/mol. The number of likely N-dealkylation sites (tertiary alicyclic amines) is 1. The normalized spacial score (nSPS) is 17.7. The molecule has 6 heteroatoms. The number of Topliss-reactive ketones (excluding diaryl/α,β-unsaturated/α-hetero) is 1. The maximum Gasteiger partial charge on any atom is 0.295 e. The number of fused-ring (bicyclic) bond motifs is 1. The highest BCUT2D eigenvalue weighted by Crippen LogP contribution is 2.40. The Bertz CT molecular complexity index is 1240. The Labute approximate surface area is 200 Å². The molecule has 1 aliphatic heterocycles. The van der Waals surface area contributed by atoms with Crippen molar-refractivity contribution in [1.82, 2.24) is 9.80 Å². The van der Waals surface area contributed by atoms with Crippen molar-refractivity contribution >= 4 is 33.9 Å². The third-order valence-electron chi connectivity index (χ3n) is 6.31. The van der Waals surface area contributed by atoms with E-state index in [1.807, 2.05) is 98.7 Å². The van der Waals surface area contributed by atoms with Gasteiger partial charge in [-0.3, -0.25) is 9.59 Å². The number of ketones is 1. The van der Waals surface area contributed by atoms with Gasteiger partial charge in [-0.2, -0.15) is 0 Å². The lowest BCUT2D eigenvalue weighted by Crippen LogP contribution is -2.32. The first-order valence-corrected chi connectivity index (χ1v) is 11.5. The summed E-state index contributed by atoms with van der Waals surface area (Å²) in [5, 5.41) is 13.3. The summed E-state index contributed by atoms with van der Waals surface area (Å²) in [6.45, 7) is 1.22. The summed E-state index contributed by atoms with van der Waals surface area (Å²) in [6, 6.07) is 20.5. The van der Waals surface area contributed by atoms with Gasteiger partial charge in [-0.25, -0.2) is 0 Å². The molecule has 1 heterocycles. The molecule has 4 rings (SSSR count). The zero-order chi connectivity index (χ0) is 24.4. The summed E-state index contributed by atoms with van der Waals surface area (Å²) in [5.74, 6) is -1.34. The second-order valence-electron chi connectivity index (χ2n) is 9.16. The largest absolute Gasteiger partial charge is 0.507 e. The van der Waals surface area contributed by atoms with Crippen LogP contribution < -0.4 is 4.90 Å². The van der Waals surface area contributed by atoms with E-state index in [0.717, 1.165) is 35.0 Å². The highest BCUT2D eigenvalue weighted by atomic mass is 16.3. The molecule has 1 amide bonds. The zero-order valence-electron chi connectivity index (χ0n) is 20.2. The van der Waals surface area contributed by atoms with Crippen molar-refractivity contribution in [3.05, 3.63) is 83.4 Å². The predicted octanol–water partition coefficient (Wildman–Crippen LogP) is 4.28. The molecule has 0 spiro atoms. The summed E-state index contributed by atoms with van der Waals surface area (Å²) < 4.78 is 0. The first kappa shape index (κ1) is 23.5. The molecular weight excluding hydrogens is 426 g/mol. The van der Waals surface area contributed by atoms with E-state index in [-0.39, 0.29) is 11.3 Å². The van der Waals surface area contributed by atoms with E-state index in [0.29, 0.717) is 12.1 Å². The van der Waals surface area contributed by atoms with Crippen molar-refractivity contribution in [2.75, 3.05) is 46.2 Å². The minimum Gasteiger partial charge on any atom is -0.507 e. The SMILES string of the molecule is CN(C)CCCN1C(=O)C(=O)/C(=C(\O)c2cccc3ccccc23)C1c1ccc(N(C)C)cc1. The number of anilines is 1. The van der Waals surface area contributed by atoms with E-state index < -0.39 is 17.7 Å². The maximum absolute atomic E-state index is 13.3. The maximum atomic E-state index is 13.3. The molecule has 0 saturated carbocycles. The third kappa shape index (κ3) is 4.41. The smallest absolute Gasteiger partial charge is 0.295 e. The Balaban J connectivity index is 1.86. The van der Waals surface area contributed by atoms with Gasteiger partial charge in [0.2, 0.25) is 0 Å². The number of hydrogen-bond acceptors (Lipinski definition) is 5. The molecule has 34 heavy (non-hydrogen) atoms. The van der Waals surface area contributed by atoms with Gasteiger partial charge in [0.1, 0.15) is 5.76 Å². The number of aliphatic hydroxyl groups is 1. The van der Waals surface area contributed by atoms with E-state index in [1.165, 1.54) is 0 Å². The van der Waals surface area contributed by atoms with Gasteiger partial charge in [-0.15, -0.1) is 0 Å². The second kappa shape index (κ2) is 9.69. The van der Waals surface area contributed by atoms with Crippen LogP contribution >= 0.6 is 0 Å². The molecule has 1 saturated heterocycles. The average Bonchev–Trinajstić information content (AvgIpc) is 3.08. The number of benzene rings is 3. The lowest BCUT2D eigenvalue weighted by Gasteiger charge is -2.26. The summed E-state index contributed by atoms with van der Waals surface area (Å²) >= 11 is 0. The van der Waals surface area contributed by atoms with Crippen LogP contribution in [0.5, 0.6) is 0 Å². The zero-order valence-corrected chi connectivity index (χ0v) is 20.2. The Kier molecular flexibility index (Phi) is 6.70. The Morgan fingerprint density at radius 2 is 1.59 bits per heavy atom.